The smallest absolute Gasteiger partial charge is 0.191 e. The molecule has 0 amide bonds. The van der Waals surface area contributed by atoms with Crippen LogP contribution in [0.4, 0.5) is 0 Å². The summed E-state index contributed by atoms with van der Waals surface area (Å²) in [5.41, 5.74) is 1.05. The molecule has 0 unspecified atom stereocenters. The lowest BCUT2D eigenvalue weighted by molar-refractivity contribution is 0.0611. The van der Waals surface area contributed by atoms with E-state index in [-0.39, 0.29) is 5.41 Å². The second-order valence-corrected chi connectivity index (χ2v) is 3.96. The molecule has 1 aliphatic heterocycles. The second kappa shape index (κ2) is 3.17. The highest BCUT2D eigenvalue weighted by atomic mass is 16.5. The van der Waals surface area contributed by atoms with Crippen LogP contribution in [0.3, 0.4) is 0 Å². The van der Waals surface area contributed by atoms with Crippen molar-refractivity contribution in [1.82, 2.24) is 5.32 Å². The van der Waals surface area contributed by atoms with E-state index in [1.165, 1.54) is 6.21 Å². The highest BCUT2D eigenvalue weighted by Gasteiger charge is 2.24. The molecule has 0 radical (unpaired) electrons. The summed E-state index contributed by atoms with van der Waals surface area (Å²) in [5, 5.41) is 10.2. The van der Waals surface area contributed by atoms with E-state index < -0.39 is 0 Å². The van der Waals surface area contributed by atoms with Crippen molar-refractivity contribution < 1.29 is 4.74 Å². The first kappa shape index (κ1) is 9.10. The predicted octanol–water partition coefficient (Wildman–Crippen LogP) is 1.51. The summed E-state index contributed by atoms with van der Waals surface area (Å²) >= 11 is 0. The predicted molar refractivity (Wildman–Crippen MR) is 49.2 cm³/mol. The minimum Gasteiger partial charge on any atom is -0.478 e. The lowest BCUT2D eigenvalue weighted by Gasteiger charge is -2.32. The molecule has 0 bridgehead atoms. The van der Waals surface area contributed by atoms with Crippen LogP contribution >= 0.6 is 0 Å². The first-order valence-corrected chi connectivity index (χ1v) is 4.13. The van der Waals surface area contributed by atoms with Crippen molar-refractivity contribution in [2.45, 2.75) is 20.8 Å². The minimum atomic E-state index is 0.200. The summed E-state index contributed by atoms with van der Waals surface area (Å²) in [4.78, 5) is 0. The number of rotatable bonds is 1. The van der Waals surface area contributed by atoms with Crippen molar-refractivity contribution in [3.8, 4) is 0 Å². The quantitative estimate of drug-likeness (QED) is 0.583. The van der Waals surface area contributed by atoms with Crippen LogP contribution in [-0.4, -0.2) is 19.4 Å². The highest BCUT2D eigenvalue weighted by molar-refractivity contribution is 5.75. The van der Waals surface area contributed by atoms with Gasteiger partial charge >= 0.3 is 0 Å². The molecule has 12 heavy (non-hydrogen) atoms. The third-order valence-corrected chi connectivity index (χ3v) is 1.91. The van der Waals surface area contributed by atoms with E-state index in [2.05, 4.69) is 19.2 Å². The number of hydrogen-bond acceptors (Lipinski definition) is 3. The van der Waals surface area contributed by atoms with Crippen LogP contribution in [0.25, 0.3) is 0 Å². The highest BCUT2D eigenvalue weighted by Crippen LogP contribution is 2.21. The lowest BCUT2D eigenvalue weighted by atomic mass is 9.94. The van der Waals surface area contributed by atoms with E-state index >= 15 is 0 Å². The fourth-order valence-electron chi connectivity index (χ4n) is 1.01. The minimum absolute atomic E-state index is 0.200. The number of ether oxygens (including phenoxy) is 1. The molecule has 1 saturated heterocycles. The molecule has 3 nitrogen and oxygen atoms in total. The summed E-state index contributed by atoms with van der Waals surface area (Å²) in [6, 6.07) is 0. The van der Waals surface area contributed by atoms with Gasteiger partial charge in [-0.2, -0.15) is 0 Å². The normalized spacial score (nSPS) is 25.2. The molecule has 1 fully saturated rings. The lowest BCUT2D eigenvalue weighted by Crippen LogP contribution is -2.40. The zero-order valence-electron chi connectivity index (χ0n) is 7.90. The van der Waals surface area contributed by atoms with Crippen molar-refractivity contribution in [2.75, 3.05) is 13.2 Å². The van der Waals surface area contributed by atoms with Gasteiger partial charge in [0.15, 0.2) is 5.88 Å². The first-order valence-electron chi connectivity index (χ1n) is 4.13. The molecule has 0 saturated carbocycles. The molecule has 0 aromatic carbocycles. The van der Waals surface area contributed by atoms with Gasteiger partial charge < -0.3 is 15.5 Å². The second-order valence-electron chi connectivity index (χ2n) is 3.96. The molecule has 1 heterocycles. The van der Waals surface area contributed by atoms with Crippen LogP contribution in [0.15, 0.2) is 11.5 Å². The molecule has 0 aromatic heterocycles. The third kappa shape index (κ3) is 2.00. The average molecular weight is 168 g/mol. The van der Waals surface area contributed by atoms with E-state index in [0.717, 1.165) is 24.6 Å². The fourth-order valence-corrected chi connectivity index (χ4v) is 1.01. The molecule has 1 rings (SSSR count). The fraction of sp³-hybridized carbons (Fsp3) is 0.667. The zero-order chi connectivity index (χ0) is 9.19. The van der Waals surface area contributed by atoms with Crippen LogP contribution in [-0.2, 0) is 4.74 Å². The summed E-state index contributed by atoms with van der Waals surface area (Å²) in [6.45, 7) is 7.80. The summed E-state index contributed by atoms with van der Waals surface area (Å²) in [5.74, 6) is 0.754. The van der Waals surface area contributed by atoms with Crippen molar-refractivity contribution >= 4 is 6.21 Å². The molecular weight excluding hydrogens is 152 g/mol. The maximum Gasteiger partial charge on any atom is 0.191 e. The van der Waals surface area contributed by atoms with Crippen LogP contribution in [0.1, 0.15) is 20.8 Å². The summed E-state index contributed by atoms with van der Waals surface area (Å²) in [6.07, 6.45) is 1.31. The third-order valence-electron chi connectivity index (χ3n) is 1.91. The maximum absolute atomic E-state index is 7.04. The molecule has 0 atom stereocenters. The number of hydrogen-bond donors (Lipinski definition) is 2. The molecular formula is C9H16N2O. The monoisotopic (exact) mass is 168 g/mol. The van der Waals surface area contributed by atoms with Gasteiger partial charge in [0, 0.05) is 23.7 Å². The first-order chi connectivity index (χ1) is 5.55. The molecule has 0 aliphatic carbocycles. The Morgan fingerprint density at radius 2 is 2.33 bits per heavy atom. The van der Waals surface area contributed by atoms with E-state index in [9.17, 15) is 0 Å². The SMILES string of the molecule is C/C(C=N)=C1/NCC(C)(C)CO1. The van der Waals surface area contributed by atoms with Gasteiger partial charge in [0.2, 0.25) is 0 Å². The number of nitrogens with one attached hydrogen (secondary N) is 2. The Morgan fingerprint density at radius 1 is 1.67 bits per heavy atom. The van der Waals surface area contributed by atoms with Crippen LogP contribution in [0.5, 0.6) is 0 Å². The van der Waals surface area contributed by atoms with Crippen LogP contribution in [0, 0.1) is 10.8 Å². The topological polar surface area (TPSA) is 45.1 Å². The Morgan fingerprint density at radius 3 is 2.75 bits per heavy atom. The van der Waals surface area contributed by atoms with E-state index in [0.29, 0.717) is 0 Å². The Labute approximate surface area is 73.3 Å². The van der Waals surface area contributed by atoms with E-state index in [4.69, 9.17) is 10.1 Å². The van der Waals surface area contributed by atoms with Gasteiger partial charge in [-0.1, -0.05) is 13.8 Å². The summed E-state index contributed by atoms with van der Waals surface area (Å²) < 4.78 is 5.46. The maximum atomic E-state index is 7.04. The summed E-state index contributed by atoms with van der Waals surface area (Å²) in [7, 11) is 0. The van der Waals surface area contributed by atoms with E-state index in [1.54, 1.807) is 0 Å². The molecule has 0 spiro atoms. The van der Waals surface area contributed by atoms with Gasteiger partial charge in [0.1, 0.15) is 0 Å². The molecule has 68 valence electrons. The molecule has 1 aliphatic rings. The van der Waals surface area contributed by atoms with Gasteiger partial charge in [-0.25, -0.2) is 0 Å². The van der Waals surface area contributed by atoms with Gasteiger partial charge in [-0.3, -0.25) is 0 Å². The Hall–Kier alpha value is -0.990. The van der Waals surface area contributed by atoms with Gasteiger partial charge in [-0.15, -0.1) is 0 Å². The van der Waals surface area contributed by atoms with Crippen molar-refractivity contribution in [1.29, 1.82) is 5.41 Å². The Balaban J connectivity index is 2.63. The molecule has 3 heteroatoms. The van der Waals surface area contributed by atoms with Crippen LogP contribution in [0.2, 0.25) is 0 Å². The van der Waals surface area contributed by atoms with E-state index in [1.807, 2.05) is 6.92 Å². The van der Waals surface area contributed by atoms with Crippen molar-refractivity contribution in [2.24, 2.45) is 5.41 Å². The van der Waals surface area contributed by atoms with Crippen molar-refractivity contribution in [3.63, 3.8) is 0 Å². The number of allylic oxidation sites excluding steroid dienone is 1. The average Bonchev–Trinajstić information content (AvgIpc) is 2.03. The largest absolute Gasteiger partial charge is 0.478 e. The zero-order valence-corrected chi connectivity index (χ0v) is 7.90. The van der Waals surface area contributed by atoms with Gasteiger partial charge in [-0.05, 0) is 6.92 Å². The van der Waals surface area contributed by atoms with Gasteiger partial charge in [0.25, 0.3) is 0 Å². The standard InChI is InChI=1S/C9H16N2O/c1-7(4-10)8-11-5-9(2,3)6-12-8/h4,10-11H,5-6H2,1-3H3/b8-7+,10-4?. The van der Waals surface area contributed by atoms with Crippen LogP contribution < -0.4 is 5.32 Å². The Bertz CT molecular complexity index is 207. The molecule has 0 aromatic rings. The van der Waals surface area contributed by atoms with Crippen molar-refractivity contribution in [3.05, 3.63) is 11.5 Å². The Kier molecular flexibility index (Phi) is 2.40. The van der Waals surface area contributed by atoms with Gasteiger partial charge in [0.05, 0.1) is 6.61 Å². The molecule has 2 N–H and O–H groups in total.